The Morgan fingerprint density at radius 3 is 2.64 bits per heavy atom. The topological polar surface area (TPSA) is 101 Å². The third-order valence-electron chi connectivity index (χ3n) is 3.50. The number of carboxylic acid groups (broad SMARTS) is 1. The van der Waals surface area contributed by atoms with Gasteiger partial charge in [0, 0.05) is 18.4 Å². The molecule has 1 N–H and O–H groups in total. The Labute approximate surface area is 128 Å². The SMILES string of the molecule is Cc1ccc(S(C)(=O)=O)cc1C(=O)N1CCO[C@@H](C(=O)O)C1. The van der Waals surface area contributed by atoms with Gasteiger partial charge in [-0.15, -0.1) is 0 Å². The third kappa shape index (κ3) is 3.45. The van der Waals surface area contributed by atoms with Crippen LogP contribution in [0.15, 0.2) is 23.1 Å². The predicted octanol–water partition coefficient (Wildman–Crippen LogP) is 0.324. The molecule has 0 saturated carbocycles. The first kappa shape index (κ1) is 16.4. The molecule has 7 nitrogen and oxygen atoms in total. The van der Waals surface area contributed by atoms with Crippen molar-refractivity contribution in [2.45, 2.75) is 17.9 Å². The smallest absolute Gasteiger partial charge is 0.334 e. The molecule has 22 heavy (non-hydrogen) atoms. The number of hydrogen-bond acceptors (Lipinski definition) is 5. The zero-order valence-corrected chi connectivity index (χ0v) is 13.1. The lowest BCUT2D eigenvalue weighted by Gasteiger charge is -2.31. The van der Waals surface area contributed by atoms with Crippen LogP contribution in [0.3, 0.4) is 0 Å². The van der Waals surface area contributed by atoms with Crippen molar-refractivity contribution in [3.05, 3.63) is 29.3 Å². The number of hydrogen-bond donors (Lipinski definition) is 1. The van der Waals surface area contributed by atoms with E-state index in [2.05, 4.69) is 0 Å². The van der Waals surface area contributed by atoms with Gasteiger partial charge in [-0.1, -0.05) is 6.07 Å². The second kappa shape index (κ2) is 6.05. The van der Waals surface area contributed by atoms with Crippen LogP contribution in [-0.2, 0) is 19.4 Å². The van der Waals surface area contributed by atoms with Gasteiger partial charge >= 0.3 is 5.97 Å². The van der Waals surface area contributed by atoms with E-state index >= 15 is 0 Å². The molecule has 1 aromatic carbocycles. The van der Waals surface area contributed by atoms with E-state index in [0.717, 1.165) is 6.26 Å². The maximum atomic E-state index is 12.6. The average molecular weight is 327 g/mol. The Bertz CT molecular complexity index is 712. The summed E-state index contributed by atoms with van der Waals surface area (Å²) in [6.45, 7) is 2.05. The monoisotopic (exact) mass is 327 g/mol. The van der Waals surface area contributed by atoms with Gasteiger partial charge in [0.15, 0.2) is 15.9 Å². The second-order valence-corrected chi connectivity index (χ2v) is 7.21. The summed E-state index contributed by atoms with van der Waals surface area (Å²) in [4.78, 5) is 25.0. The number of aliphatic carboxylic acids is 1. The van der Waals surface area contributed by atoms with Crippen molar-refractivity contribution in [3.8, 4) is 0 Å². The summed E-state index contributed by atoms with van der Waals surface area (Å²) >= 11 is 0. The quantitative estimate of drug-likeness (QED) is 0.858. The highest BCUT2D eigenvalue weighted by Crippen LogP contribution is 2.19. The van der Waals surface area contributed by atoms with Crippen LogP contribution < -0.4 is 0 Å². The predicted molar refractivity (Wildman–Crippen MR) is 77.6 cm³/mol. The van der Waals surface area contributed by atoms with Crippen LogP contribution in [0, 0.1) is 6.92 Å². The fourth-order valence-electron chi connectivity index (χ4n) is 2.22. The van der Waals surface area contributed by atoms with E-state index in [-0.39, 0.29) is 30.2 Å². The van der Waals surface area contributed by atoms with E-state index in [1.807, 2.05) is 0 Å². The van der Waals surface area contributed by atoms with Crippen molar-refractivity contribution in [1.82, 2.24) is 4.90 Å². The van der Waals surface area contributed by atoms with Crippen LogP contribution >= 0.6 is 0 Å². The minimum atomic E-state index is -3.42. The molecule has 0 radical (unpaired) electrons. The lowest BCUT2D eigenvalue weighted by molar-refractivity contribution is -0.154. The first-order chi connectivity index (χ1) is 10.2. The van der Waals surface area contributed by atoms with Gasteiger partial charge < -0.3 is 14.7 Å². The first-order valence-electron chi connectivity index (χ1n) is 6.64. The second-order valence-electron chi connectivity index (χ2n) is 5.20. The molecule has 1 aliphatic heterocycles. The van der Waals surface area contributed by atoms with Gasteiger partial charge in [-0.3, -0.25) is 4.79 Å². The van der Waals surface area contributed by atoms with E-state index in [1.165, 1.54) is 17.0 Å². The highest BCUT2D eigenvalue weighted by Gasteiger charge is 2.30. The molecule has 0 unspecified atom stereocenters. The molecule has 1 aliphatic rings. The molecule has 1 fully saturated rings. The maximum absolute atomic E-state index is 12.6. The number of rotatable bonds is 3. The molecule has 1 saturated heterocycles. The highest BCUT2D eigenvalue weighted by molar-refractivity contribution is 7.90. The number of sulfone groups is 1. The van der Waals surface area contributed by atoms with Gasteiger partial charge in [0.05, 0.1) is 18.0 Å². The standard InChI is InChI=1S/C14H17NO6S/c1-9-3-4-10(22(2,19)20)7-11(9)13(16)15-5-6-21-12(8-15)14(17)18/h3-4,7,12H,5-6,8H2,1-2H3,(H,17,18)/t12-/m1/s1. The van der Waals surface area contributed by atoms with E-state index < -0.39 is 27.8 Å². The van der Waals surface area contributed by atoms with Crippen LogP contribution in [0.4, 0.5) is 0 Å². The molecule has 1 aromatic rings. The molecule has 1 amide bonds. The van der Waals surface area contributed by atoms with Crippen LogP contribution in [0.1, 0.15) is 15.9 Å². The van der Waals surface area contributed by atoms with Gasteiger partial charge in [0.1, 0.15) is 0 Å². The number of benzene rings is 1. The lowest BCUT2D eigenvalue weighted by Crippen LogP contribution is -2.48. The van der Waals surface area contributed by atoms with E-state index in [0.29, 0.717) is 5.56 Å². The summed E-state index contributed by atoms with van der Waals surface area (Å²) in [6, 6.07) is 4.35. The number of aryl methyl sites for hydroxylation is 1. The number of carboxylic acids is 1. The van der Waals surface area contributed by atoms with Crippen molar-refractivity contribution < 1.29 is 27.9 Å². The van der Waals surface area contributed by atoms with Crippen molar-refractivity contribution >= 4 is 21.7 Å². The van der Waals surface area contributed by atoms with Crippen molar-refractivity contribution in [1.29, 1.82) is 0 Å². The molecule has 0 aromatic heterocycles. The maximum Gasteiger partial charge on any atom is 0.334 e. The van der Waals surface area contributed by atoms with Crippen molar-refractivity contribution in [2.24, 2.45) is 0 Å². The Kier molecular flexibility index (Phi) is 4.52. The van der Waals surface area contributed by atoms with Crippen molar-refractivity contribution in [3.63, 3.8) is 0 Å². The first-order valence-corrected chi connectivity index (χ1v) is 8.53. The van der Waals surface area contributed by atoms with E-state index in [9.17, 15) is 18.0 Å². The summed E-state index contributed by atoms with van der Waals surface area (Å²) in [5, 5.41) is 8.97. The van der Waals surface area contributed by atoms with Crippen molar-refractivity contribution in [2.75, 3.05) is 26.0 Å². The van der Waals surface area contributed by atoms with Crippen LogP contribution in [0.5, 0.6) is 0 Å². The van der Waals surface area contributed by atoms with Crippen LogP contribution in [-0.4, -0.2) is 62.4 Å². The summed E-state index contributed by atoms with van der Waals surface area (Å²) in [6.07, 6.45) is 0.0114. The zero-order chi connectivity index (χ0) is 16.5. The normalized spacial score (nSPS) is 19.0. The molecule has 2 rings (SSSR count). The lowest BCUT2D eigenvalue weighted by atomic mass is 10.1. The minimum absolute atomic E-state index is 0.0588. The number of ether oxygens (including phenoxy) is 1. The number of amides is 1. The molecular formula is C14H17NO6S. The largest absolute Gasteiger partial charge is 0.479 e. The number of carbonyl (C=O) groups excluding carboxylic acids is 1. The van der Waals surface area contributed by atoms with Gasteiger partial charge in [-0.05, 0) is 24.6 Å². The molecule has 0 bridgehead atoms. The van der Waals surface area contributed by atoms with Crippen LogP contribution in [0.25, 0.3) is 0 Å². The Hall–Kier alpha value is -1.93. The van der Waals surface area contributed by atoms with Gasteiger partial charge in [-0.2, -0.15) is 0 Å². The Balaban J connectivity index is 2.31. The molecule has 1 atom stereocenters. The zero-order valence-electron chi connectivity index (χ0n) is 12.3. The van der Waals surface area contributed by atoms with E-state index in [1.54, 1.807) is 13.0 Å². The fraction of sp³-hybridized carbons (Fsp3) is 0.429. The third-order valence-corrected chi connectivity index (χ3v) is 4.61. The Morgan fingerprint density at radius 2 is 2.05 bits per heavy atom. The number of carbonyl (C=O) groups is 2. The summed E-state index contributed by atoms with van der Waals surface area (Å²) in [5.41, 5.74) is 0.893. The van der Waals surface area contributed by atoms with Gasteiger partial charge in [0.2, 0.25) is 0 Å². The highest BCUT2D eigenvalue weighted by atomic mass is 32.2. The molecule has 1 heterocycles. The molecule has 0 spiro atoms. The fourth-order valence-corrected chi connectivity index (χ4v) is 2.86. The van der Waals surface area contributed by atoms with Gasteiger partial charge in [0.25, 0.3) is 5.91 Å². The minimum Gasteiger partial charge on any atom is -0.479 e. The molecule has 8 heteroatoms. The molecule has 0 aliphatic carbocycles. The average Bonchev–Trinajstić information content (AvgIpc) is 2.46. The molecule has 120 valence electrons. The summed E-state index contributed by atoms with van der Waals surface area (Å²) in [5.74, 6) is -1.52. The summed E-state index contributed by atoms with van der Waals surface area (Å²) in [7, 11) is -3.42. The summed E-state index contributed by atoms with van der Waals surface area (Å²) < 4.78 is 28.3. The van der Waals surface area contributed by atoms with Crippen LogP contribution in [0.2, 0.25) is 0 Å². The van der Waals surface area contributed by atoms with E-state index in [4.69, 9.17) is 9.84 Å². The van der Waals surface area contributed by atoms with Gasteiger partial charge in [-0.25, -0.2) is 13.2 Å². The molecular weight excluding hydrogens is 310 g/mol. The Morgan fingerprint density at radius 1 is 1.36 bits per heavy atom. The number of morpholine rings is 1. The number of nitrogens with zero attached hydrogens (tertiary/aromatic N) is 1.